The van der Waals surface area contributed by atoms with E-state index in [1.165, 1.54) is 18.2 Å². The lowest BCUT2D eigenvalue weighted by atomic mass is 10.1. The number of hydrogen-bond acceptors (Lipinski definition) is 7. The monoisotopic (exact) mass is 601 g/mol. The van der Waals surface area contributed by atoms with Gasteiger partial charge in [-0.15, -0.1) is 0 Å². The summed E-state index contributed by atoms with van der Waals surface area (Å²) >= 11 is 9.99. The summed E-state index contributed by atoms with van der Waals surface area (Å²) in [7, 11) is 0. The predicted octanol–water partition coefficient (Wildman–Crippen LogP) is 6.26. The zero-order chi connectivity index (χ0) is 26.5. The van der Waals surface area contributed by atoms with Gasteiger partial charge in [0.15, 0.2) is 6.61 Å². The van der Waals surface area contributed by atoms with Gasteiger partial charge >= 0.3 is 0 Å². The topological polar surface area (TPSA) is 119 Å². The quantitative estimate of drug-likeness (QED) is 0.183. The van der Waals surface area contributed by atoms with Crippen LogP contribution in [-0.4, -0.2) is 33.5 Å². The van der Waals surface area contributed by atoms with Crippen molar-refractivity contribution in [1.29, 1.82) is 0 Å². The number of para-hydroxylation sites is 1. The number of anilines is 1. The van der Waals surface area contributed by atoms with Crippen molar-refractivity contribution >= 4 is 73.8 Å². The van der Waals surface area contributed by atoms with Crippen LogP contribution in [-0.2, 0) is 16.1 Å². The molecule has 3 amide bonds. The minimum Gasteiger partial charge on any atom is -0.483 e. The fourth-order valence-electron chi connectivity index (χ4n) is 3.38. The van der Waals surface area contributed by atoms with Gasteiger partial charge in [-0.1, -0.05) is 35.9 Å². The highest BCUT2D eigenvalue weighted by Gasteiger charge is 2.36. The molecule has 0 spiro atoms. The van der Waals surface area contributed by atoms with E-state index in [1.807, 2.05) is 0 Å². The molecule has 1 fully saturated rings. The van der Waals surface area contributed by atoms with Crippen molar-refractivity contribution in [2.24, 2.45) is 0 Å². The van der Waals surface area contributed by atoms with Gasteiger partial charge in [0.2, 0.25) is 0 Å². The molecule has 0 radical (unpaired) electrons. The van der Waals surface area contributed by atoms with Gasteiger partial charge in [0.25, 0.3) is 22.7 Å². The molecular formula is C25H17BrClN3O6S. The van der Waals surface area contributed by atoms with Crippen LogP contribution in [0.25, 0.3) is 6.08 Å². The molecule has 37 heavy (non-hydrogen) atoms. The lowest BCUT2D eigenvalue weighted by Gasteiger charge is -2.12. The Morgan fingerprint density at radius 3 is 2.57 bits per heavy atom. The van der Waals surface area contributed by atoms with Crippen molar-refractivity contribution in [3.05, 3.63) is 102 Å². The molecule has 9 nitrogen and oxygen atoms in total. The molecule has 1 aliphatic rings. The Morgan fingerprint density at radius 2 is 1.86 bits per heavy atom. The van der Waals surface area contributed by atoms with E-state index in [0.29, 0.717) is 26.5 Å². The molecular weight excluding hydrogens is 586 g/mol. The van der Waals surface area contributed by atoms with Crippen molar-refractivity contribution in [2.45, 2.75) is 6.54 Å². The summed E-state index contributed by atoms with van der Waals surface area (Å²) in [5, 5.41) is 14.0. The molecule has 4 rings (SSSR count). The first kappa shape index (κ1) is 26.4. The highest BCUT2D eigenvalue weighted by molar-refractivity contribution is 9.10. The minimum atomic E-state index is -0.549. The van der Waals surface area contributed by atoms with E-state index in [0.717, 1.165) is 16.7 Å². The van der Waals surface area contributed by atoms with E-state index in [1.54, 1.807) is 54.6 Å². The Labute approximate surface area is 228 Å². The van der Waals surface area contributed by atoms with E-state index in [2.05, 4.69) is 21.2 Å². The Balaban J connectivity index is 1.40. The number of thioether (sulfide) groups is 1. The summed E-state index contributed by atoms with van der Waals surface area (Å²) in [6.07, 6.45) is 1.55. The number of carbonyl (C=O) groups excluding carboxylic acids is 3. The zero-order valence-electron chi connectivity index (χ0n) is 18.9. The maximum atomic E-state index is 12.9. The molecule has 0 bridgehead atoms. The smallest absolute Gasteiger partial charge is 0.293 e. The van der Waals surface area contributed by atoms with Crippen LogP contribution in [0.4, 0.5) is 16.2 Å². The Bertz CT molecular complexity index is 1430. The fourth-order valence-corrected chi connectivity index (χ4v) is 4.85. The maximum Gasteiger partial charge on any atom is 0.293 e. The van der Waals surface area contributed by atoms with Gasteiger partial charge in [0, 0.05) is 22.3 Å². The van der Waals surface area contributed by atoms with Crippen LogP contribution >= 0.6 is 39.3 Å². The molecule has 3 aromatic carbocycles. The first-order chi connectivity index (χ1) is 17.7. The second-order valence-corrected chi connectivity index (χ2v) is 9.97. The van der Waals surface area contributed by atoms with E-state index < -0.39 is 16.1 Å². The second kappa shape index (κ2) is 11.6. The number of nitro groups is 1. The average molecular weight is 603 g/mol. The number of nitrogens with zero attached hydrogens (tertiary/aromatic N) is 2. The number of carbonyl (C=O) groups is 3. The highest BCUT2D eigenvalue weighted by Crippen LogP contribution is 2.35. The summed E-state index contributed by atoms with van der Waals surface area (Å²) < 4.78 is 6.12. The normalized spacial score (nSPS) is 14.2. The molecule has 3 aromatic rings. The van der Waals surface area contributed by atoms with Gasteiger partial charge in [0.05, 0.1) is 20.8 Å². The fraction of sp³-hybridized carbons (Fsp3) is 0.0800. The third-order valence-corrected chi connectivity index (χ3v) is 6.91. The number of halogens is 2. The summed E-state index contributed by atoms with van der Waals surface area (Å²) in [5.74, 6) is -0.484. The zero-order valence-corrected chi connectivity index (χ0v) is 22.0. The van der Waals surface area contributed by atoms with Gasteiger partial charge in [-0.05, 0) is 75.7 Å². The Morgan fingerprint density at radius 1 is 1.14 bits per heavy atom. The summed E-state index contributed by atoms with van der Waals surface area (Å²) in [6.45, 7) is -0.432. The third kappa shape index (κ3) is 6.56. The Kier molecular flexibility index (Phi) is 8.27. The number of nitro benzene ring substituents is 1. The van der Waals surface area contributed by atoms with Gasteiger partial charge in [-0.2, -0.15) is 0 Å². The van der Waals surface area contributed by atoms with E-state index in [4.69, 9.17) is 16.3 Å². The lowest BCUT2D eigenvalue weighted by molar-refractivity contribution is -0.385. The van der Waals surface area contributed by atoms with Crippen LogP contribution < -0.4 is 10.1 Å². The van der Waals surface area contributed by atoms with Crippen molar-refractivity contribution in [2.75, 3.05) is 11.9 Å². The Hall–Kier alpha value is -3.67. The van der Waals surface area contributed by atoms with Crippen LogP contribution in [0.15, 0.2) is 76.1 Å². The minimum absolute atomic E-state index is 0.160. The third-order valence-electron chi connectivity index (χ3n) is 5.13. The van der Waals surface area contributed by atoms with E-state index >= 15 is 0 Å². The first-order valence-corrected chi connectivity index (χ1v) is 12.7. The molecule has 12 heteroatoms. The maximum absolute atomic E-state index is 12.9. The number of nitrogens with one attached hydrogen (secondary N) is 1. The van der Waals surface area contributed by atoms with E-state index in [9.17, 15) is 24.5 Å². The summed E-state index contributed by atoms with van der Waals surface area (Å²) in [4.78, 5) is 49.4. The molecule has 188 valence electrons. The predicted molar refractivity (Wildman–Crippen MR) is 144 cm³/mol. The van der Waals surface area contributed by atoms with Crippen molar-refractivity contribution < 1.29 is 24.0 Å². The molecule has 0 saturated carbocycles. The standard InChI is InChI=1S/C25H17BrClN3O6S/c26-19-11-15(5-10-21(19)36-14-23(31)28-18-8-6-17(27)7-9-18)12-22-24(32)29(25(33)37-22)13-16-3-1-2-4-20(16)30(34)35/h1-12H,13-14H2,(H,28,31)/b22-12-. The van der Waals surface area contributed by atoms with Crippen LogP contribution in [0, 0.1) is 10.1 Å². The average Bonchev–Trinajstić information content (AvgIpc) is 3.12. The van der Waals surface area contributed by atoms with Gasteiger partial charge < -0.3 is 10.1 Å². The molecule has 1 heterocycles. The number of ether oxygens (including phenoxy) is 1. The second-order valence-electron chi connectivity index (χ2n) is 7.69. The molecule has 0 unspecified atom stereocenters. The van der Waals surface area contributed by atoms with Crippen molar-refractivity contribution in [1.82, 2.24) is 4.90 Å². The van der Waals surface area contributed by atoms with E-state index in [-0.39, 0.29) is 35.2 Å². The van der Waals surface area contributed by atoms with Gasteiger partial charge in [0.1, 0.15) is 5.75 Å². The molecule has 0 aromatic heterocycles. The molecule has 1 aliphatic heterocycles. The van der Waals surface area contributed by atoms with Crippen molar-refractivity contribution in [3.63, 3.8) is 0 Å². The van der Waals surface area contributed by atoms with Gasteiger partial charge in [-0.3, -0.25) is 29.4 Å². The largest absolute Gasteiger partial charge is 0.483 e. The molecule has 0 aliphatic carbocycles. The molecule has 1 N–H and O–H groups in total. The summed E-state index contributed by atoms with van der Waals surface area (Å²) in [5.41, 5.74) is 1.30. The number of rotatable bonds is 8. The lowest BCUT2D eigenvalue weighted by Crippen LogP contribution is -2.27. The van der Waals surface area contributed by atoms with Crippen LogP contribution in [0.5, 0.6) is 5.75 Å². The summed E-state index contributed by atoms with van der Waals surface area (Å²) in [6, 6.07) is 17.6. The molecule has 0 atom stereocenters. The molecule has 1 saturated heterocycles. The number of benzene rings is 3. The van der Waals surface area contributed by atoms with Crippen molar-refractivity contribution in [3.8, 4) is 5.75 Å². The number of hydrogen-bond donors (Lipinski definition) is 1. The highest BCUT2D eigenvalue weighted by atomic mass is 79.9. The SMILES string of the molecule is O=C(COc1ccc(/C=C2\SC(=O)N(Cc3ccccc3[N+](=O)[O-])C2=O)cc1Br)Nc1ccc(Cl)cc1. The van der Waals surface area contributed by atoms with Crippen LogP contribution in [0.1, 0.15) is 11.1 Å². The number of imide groups is 1. The van der Waals surface area contributed by atoms with Gasteiger partial charge in [-0.25, -0.2) is 0 Å². The number of amides is 3. The first-order valence-electron chi connectivity index (χ1n) is 10.7. The van der Waals surface area contributed by atoms with Crippen LogP contribution in [0.2, 0.25) is 5.02 Å². The van der Waals surface area contributed by atoms with Crippen LogP contribution in [0.3, 0.4) is 0 Å².